The Labute approximate surface area is 111 Å². The molecule has 2 aromatic rings. The van der Waals surface area contributed by atoms with Crippen LogP contribution in [0.15, 0.2) is 42.5 Å². The lowest BCUT2D eigenvalue weighted by Gasteiger charge is -2.29. The molecule has 2 aromatic carbocycles. The highest BCUT2D eigenvalue weighted by molar-refractivity contribution is 6.32. The molecule has 0 radical (unpaired) electrons. The maximum atomic E-state index is 6.23. The molecule has 0 amide bonds. The topological polar surface area (TPSA) is 9.23 Å². The third-order valence-electron chi connectivity index (χ3n) is 4.05. The van der Waals surface area contributed by atoms with Gasteiger partial charge in [-0.1, -0.05) is 48.0 Å². The molecule has 1 nitrogen and oxygen atoms in total. The average molecular weight is 257 g/mol. The molecular formula is C16H13ClO. The summed E-state index contributed by atoms with van der Waals surface area (Å²) in [7, 11) is 0. The van der Waals surface area contributed by atoms with Crippen LogP contribution in [0.5, 0.6) is 5.75 Å². The Bertz CT molecular complexity index is 620. The second-order valence-electron chi connectivity index (χ2n) is 5.13. The van der Waals surface area contributed by atoms with Crippen LogP contribution in [0.3, 0.4) is 0 Å². The molecule has 2 heteroatoms. The van der Waals surface area contributed by atoms with E-state index in [9.17, 15) is 0 Å². The van der Waals surface area contributed by atoms with Crippen LogP contribution in [0.1, 0.15) is 22.8 Å². The molecule has 0 saturated carbocycles. The monoisotopic (exact) mass is 256 g/mol. The van der Waals surface area contributed by atoms with Gasteiger partial charge in [-0.3, -0.25) is 0 Å². The van der Waals surface area contributed by atoms with E-state index in [2.05, 4.69) is 30.3 Å². The predicted octanol–water partition coefficient (Wildman–Crippen LogP) is 4.19. The van der Waals surface area contributed by atoms with Gasteiger partial charge in [-0.15, -0.1) is 0 Å². The quantitative estimate of drug-likeness (QED) is 0.687. The summed E-state index contributed by atoms with van der Waals surface area (Å²) in [5.41, 5.74) is 4.01. The van der Waals surface area contributed by atoms with Crippen LogP contribution in [-0.2, 0) is 12.8 Å². The molecule has 0 saturated heterocycles. The summed E-state index contributed by atoms with van der Waals surface area (Å²) in [5, 5.41) is 0.732. The molecule has 1 heterocycles. The van der Waals surface area contributed by atoms with Crippen molar-refractivity contribution < 1.29 is 4.74 Å². The third-order valence-corrected chi connectivity index (χ3v) is 4.34. The van der Waals surface area contributed by atoms with E-state index in [1.54, 1.807) is 0 Å². The second-order valence-corrected chi connectivity index (χ2v) is 5.54. The maximum Gasteiger partial charge on any atom is 0.142 e. The predicted molar refractivity (Wildman–Crippen MR) is 72.2 cm³/mol. The van der Waals surface area contributed by atoms with Crippen molar-refractivity contribution in [3.63, 3.8) is 0 Å². The minimum Gasteiger partial charge on any atom is -0.484 e. The van der Waals surface area contributed by atoms with Crippen molar-refractivity contribution in [1.82, 2.24) is 0 Å². The standard InChI is InChI=1S/C16H13ClO/c17-14-7-3-5-11-9-12-8-10-4-1-2-6-13(10)15(12)18-16(11)14/h1-7,12,15H,8-9H2/t12-,15+/m1/s1. The van der Waals surface area contributed by atoms with Crippen molar-refractivity contribution in [2.24, 2.45) is 5.92 Å². The first kappa shape index (κ1) is 10.5. The van der Waals surface area contributed by atoms with Crippen LogP contribution in [0, 0.1) is 5.92 Å². The van der Waals surface area contributed by atoms with Crippen molar-refractivity contribution in [1.29, 1.82) is 0 Å². The molecule has 0 spiro atoms. The van der Waals surface area contributed by atoms with E-state index in [4.69, 9.17) is 16.3 Å². The van der Waals surface area contributed by atoms with Crippen molar-refractivity contribution in [2.45, 2.75) is 18.9 Å². The van der Waals surface area contributed by atoms with Crippen molar-refractivity contribution in [3.05, 3.63) is 64.2 Å². The molecule has 4 rings (SSSR count). The van der Waals surface area contributed by atoms with Crippen molar-refractivity contribution >= 4 is 11.6 Å². The van der Waals surface area contributed by atoms with Gasteiger partial charge in [0, 0.05) is 5.92 Å². The zero-order chi connectivity index (χ0) is 12.1. The van der Waals surface area contributed by atoms with Crippen molar-refractivity contribution in [2.75, 3.05) is 0 Å². The summed E-state index contributed by atoms with van der Waals surface area (Å²) in [5.74, 6) is 1.45. The van der Waals surface area contributed by atoms with Gasteiger partial charge in [0.25, 0.3) is 0 Å². The van der Waals surface area contributed by atoms with Gasteiger partial charge in [0.05, 0.1) is 5.02 Å². The van der Waals surface area contributed by atoms with E-state index in [0.29, 0.717) is 5.92 Å². The van der Waals surface area contributed by atoms with Crippen molar-refractivity contribution in [3.8, 4) is 5.75 Å². The van der Waals surface area contributed by atoms with Gasteiger partial charge in [-0.25, -0.2) is 0 Å². The molecule has 0 aromatic heterocycles. The van der Waals surface area contributed by atoms with Gasteiger partial charge in [0.1, 0.15) is 11.9 Å². The molecule has 0 N–H and O–H groups in total. The molecule has 2 aliphatic rings. The number of ether oxygens (including phenoxy) is 1. The third kappa shape index (κ3) is 1.40. The van der Waals surface area contributed by atoms with Crippen LogP contribution in [-0.4, -0.2) is 0 Å². The van der Waals surface area contributed by atoms with Crippen LogP contribution in [0.25, 0.3) is 0 Å². The Hall–Kier alpha value is -1.47. The SMILES string of the molecule is Clc1cccc2c1O[C@@H]1c3ccccc3C[C@@H]1C2. The molecule has 1 aliphatic heterocycles. The van der Waals surface area contributed by atoms with Gasteiger partial charge in [-0.2, -0.15) is 0 Å². The Morgan fingerprint density at radius 2 is 1.72 bits per heavy atom. The fraction of sp³-hybridized carbons (Fsp3) is 0.250. The lowest BCUT2D eigenvalue weighted by molar-refractivity contribution is 0.128. The number of halogens is 1. The maximum absolute atomic E-state index is 6.23. The lowest BCUT2D eigenvalue weighted by atomic mass is 9.91. The number of benzene rings is 2. The number of hydrogen-bond acceptors (Lipinski definition) is 1. The van der Waals surface area contributed by atoms with Crippen LogP contribution >= 0.6 is 11.6 Å². The smallest absolute Gasteiger partial charge is 0.142 e. The van der Waals surface area contributed by atoms with Gasteiger partial charge in [0.15, 0.2) is 0 Å². The Balaban J connectivity index is 1.81. The molecule has 90 valence electrons. The molecule has 2 atom stereocenters. The average Bonchev–Trinajstić information content (AvgIpc) is 2.75. The Morgan fingerprint density at radius 3 is 2.67 bits per heavy atom. The Kier molecular flexibility index (Phi) is 2.18. The number of hydrogen-bond donors (Lipinski definition) is 0. The number of fused-ring (bicyclic) bond motifs is 4. The Morgan fingerprint density at radius 1 is 0.944 bits per heavy atom. The first-order valence-corrected chi connectivity index (χ1v) is 6.72. The molecule has 0 fully saturated rings. The minimum atomic E-state index is 0.189. The summed E-state index contributed by atoms with van der Waals surface area (Å²) in [6, 6.07) is 14.6. The highest BCUT2D eigenvalue weighted by Crippen LogP contribution is 2.47. The fourth-order valence-corrected chi connectivity index (χ4v) is 3.47. The highest BCUT2D eigenvalue weighted by Gasteiger charge is 2.38. The molecule has 0 unspecified atom stereocenters. The van der Waals surface area contributed by atoms with E-state index < -0.39 is 0 Å². The molecule has 0 bridgehead atoms. The summed E-state index contributed by atoms with van der Waals surface area (Å²) in [6.45, 7) is 0. The van der Waals surface area contributed by atoms with Crippen LogP contribution in [0.4, 0.5) is 0 Å². The van der Waals surface area contributed by atoms with Gasteiger partial charge >= 0.3 is 0 Å². The fourth-order valence-electron chi connectivity index (χ4n) is 3.24. The summed E-state index contributed by atoms with van der Waals surface area (Å²) in [4.78, 5) is 0. The summed E-state index contributed by atoms with van der Waals surface area (Å²) < 4.78 is 6.18. The van der Waals surface area contributed by atoms with E-state index in [1.807, 2.05) is 12.1 Å². The highest BCUT2D eigenvalue weighted by atomic mass is 35.5. The first-order valence-electron chi connectivity index (χ1n) is 6.35. The van der Waals surface area contributed by atoms with Crippen LogP contribution in [0.2, 0.25) is 5.02 Å². The van der Waals surface area contributed by atoms with Crippen LogP contribution < -0.4 is 4.74 Å². The zero-order valence-electron chi connectivity index (χ0n) is 9.90. The van der Waals surface area contributed by atoms with Gasteiger partial charge in [-0.05, 0) is 35.6 Å². The van der Waals surface area contributed by atoms with Gasteiger partial charge in [0.2, 0.25) is 0 Å². The van der Waals surface area contributed by atoms with E-state index >= 15 is 0 Å². The zero-order valence-corrected chi connectivity index (χ0v) is 10.7. The molecule has 1 aliphatic carbocycles. The van der Waals surface area contributed by atoms with E-state index in [0.717, 1.165) is 23.6 Å². The minimum absolute atomic E-state index is 0.189. The lowest BCUT2D eigenvalue weighted by Crippen LogP contribution is -2.22. The van der Waals surface area contributed by atoms with E-state index in [1.165, 1.54) is 16.7 Å². The first-order chi connectivity index (χ1) is 8.83. The number of para-hydroxylation sites is 1. The molecule has 18 heavy (non-hydrogen) atoms. The molecular weight excluding hydrogens is 244 g/mol. The van der Waals surface area contributed by atoms with E-state index in [-0.39, 0.29) is 6.10 Å². The van der Waals surface area contributed by atoms with Gasteiger partial charge < -0.3 is 4.74 Å². The normalized spacial score (nSPS) is 23.8. The summed E-state index contributed by atoms with van der Waals surface area (Å²) >= 11 is 6.23. The largest absolute Gasteiger partial charge is 0.484 e. The summed E-state index contributed by atoms with van der Waals surface area (Å²) in [6.07, 6.45) is 2.37. The second kappa shape index (κ2) is 3.76. The number of rotatable bonds is 0.